The SMILES string of the molecule is OC(Cn1cncn1)C(Cc1ccc(Cl)cc1)C1CC1. The van der Waals surface area contributed by atoms with Crippen molar-refractivity contribution in [3.8, 4) is 0 Å². The van der Waals surface area contributed by atoms with Crippen molar-refractivity contribution in [2.45, 2.75) is 31.9 Å². The van der Waals surface area contributed by atoms with Crippen molar-refractivity contribution in [1.82, 2.24) is 14.8 Å². The lowest BCUT2D eigenvalue weighted by molar-refractivity contribution is 0.0751. The second kappa shape index (κ2) is 5.94. The van der Waals surface area contributed by atoms with E-state index in [9.17, 15) is 5.11 Å². The predicted octanol–water partition coefficient (Wildman–Crippen LogP) is 2.56. The quantitative estimate of drug-likeness (QED) is 0.890. The molecule has 1 N–H and O–H groups in total. The van der Waals surface area contributed by atoms with Crippen LogP contribution in [0.5, 0.6) is 0 Å². The highest BCUT2D eigenvalue weighted by atomic mass is 35.5. The van der Waals surface area contributed by atoms with Gasteiger partial charge < -0.3 is 5.11 Å². The zero-order valence-corrected chi connectivity index (χ0v) is 11.9. The van der Waals surface area contributed by atoms with Gasteiger partial charge in [-0.2, -0.15) is 5.10 Å². The average Bonchev–Trinajstić information content (AvgIpc) is 3.15. The zero-order chi connectivity index (χ0) is 13.9. The maximum atomic E-state index is 10.5. The molecule has 1 aromatic heterocycles. The first-order valence-electron chi connectivity index (χ1n) is 6.97. The summed E-state index contributed by atoms with van der Waals surface area (Å²) < 4.78 is 1.70. The van der Waals surface area contributed by atoms with Gasteiger partial charge in [-0.1, -0.05) is 23.7 Å². The average molecular weight is 292 g/mol. The molecule has 2 aromatic rings. The Labute approximate surface area is 123 Å². The van der Waals surface area contributed by atoms with Gasteiger partial charge >= 0.3 is 0 Å². The van der Waals surface area contributed by atoms with Gasteiger partial charge in [-0.05, 0) is 48.8 Å². The highest BCUT2D eigenvalue weighted by molar-refractivity contribution is 6.30. The molecule has 1 heterocycles. The topological polar surface area (TPSA) is 50.9 Å². The molecule has 1 fully saturated rings. The van der Waals surface area contributed by atoms with Crippen LogP contribution >= 0.6 is 11.6 Å². The molecule has 2 atom stereocenters. The van der Waals surface area contributed by atoms with Gasteiger partial charge in [0.2, 0.25) is 0 Å². The van der Waals surface area contributed by atoms with Gasteiger partial charge in [-0.25, -0.2) is 4.98 Å². The fraction of sp³-hybridized carbons (Fsp3) is 0.467. The van der Waals surface area contributed by atoms with E-state index in [-0.39, 0.29) is 12.0 Å². The number of nitrogens with zero attached hydrogens (tertiary/aromatic N) is 3. The van der Waals surface area contributed by atoms with Crippen molar-refractivity contribution >= 4 is 11.6 Å². The number of hydrogen-bond donors (Lipinski definition) is 1. The van der Waals surface area contributed by atoms with E-state index >= 15 is 0 Å². The van der Waals surface area contributed by atoms with Gasteiger partial charge in [0.05, 0.1) is 12.6 Å². The van der Waals surface area contributed by atoms with Crippen LogP contribution in [0.1, 0.15) is 18.4 Å². The Morgan fingerprint density at radius 1 is 1.30 bits per heavy atom. The minimum Gasteiger partial charge on any atom is -0.391 e. The summed E-state index contributed by atoms with van der Waals surface area (Å²) in [6.45, 7) is 0.509. The van der Waals surface area contributed by atoms with Crippen molar-refractivity contribution in [2.75, 3.05) is 0 Å². The maximum absolute atomic E-state index is 10.5. The molecule has 0 saturated heterocycles. The lowest BCUT2D eigenvalue weighted by Gasteiger charge is -2.22. The summed E-state index contributed by atoms with van der Waals surface area (Å²) in [5.74, 6) is 0.907. The Bertz CT molecular complexity index is 537. The molecule has 0 aliphatic heterocycles. The highest BCUT2D eigenvalue weighted by Gasteiger charge is 2.36. The van der Waals surface area contributed by atoms with E-state index in [0.29, 0.717) is 12.5 Å². The van der Waals surface area contributed by atoms with Crippen molar-refractivity contribution in [1.29, 1.82) is 0 Å². The second-order valence-corrected chi connectivity index (χ2v) is 5.95. The Balaban J connectivity index is 1.67. The number of aromatic nitrogens is 3. The highest BCUT2D eigenvalue weighted by Crippen LogP contribution is 2.40. The molecule has 20 heavy (non-hydrogen) atoms. The van der Waals surface area contributed by atoms with Gasteiger partial charge in [-0.3, -0.25) is 4.68 Å². The predicted molar refractivity (Wildman–Crippen MR) is 77.4 cm³/mol. The van der Waals surface area contributed by atoms with E-state index in [1.807, 2.05) is 24.3 Å². The molecule has 4 nitrogen and oxygen atoms in total. The third-order valence-corrected chi connectivity index (χ3v) is 4.20. The van der Waals surface area contributed by atoms with Crippen molar-refractivity contribution in [2.24, 2.45) is 11.8 Å². The van der Waals surface area contributed by atoms with Crippen LogP contribution in [0.25, 0.3) is 0 Å². The van der Waals surface area contributed by atoms with Gasteiger partial charge in [0.1, 0.15) is 12.7 Å². The fourth-order valence-electron chi connectivity index (χ4n) is 2.69. The van der Waals surface area contributed by atoms with Crippen molar-refractivity contribution in [3.05, 3.63) is 47.5 Å². The minimum atomic E-state index is -0.389. The van der Waals surface area contributed by atoms with Crippen molar-refractivity contribution in [3.63, 3.8) is 0 Å². The van der Waals surface area contributed by atoms with Crippen LogP contribution in [0.3, 0.4) is 0 Å². The largest absolute Gasteiger partial charge is 0.391 e. The first kappa shape index (κ1) is 13.6. The zero-order valence-electron chi connectivity index (χ0n) is 11.2. The molecule has 1 saturated carbocycles. The van der Waals surface area contributed by atoms with Crippen LogP contribution in [0.15, 0.2) is 36.9 Å². The van der Waals surface area contributed by atoms with E-state index in [0.717, 1.165) is 11.4 Å². The summed E-state index contributed by atoms with van der Waals surface area (Å²) in [5, 5.41) is 15.3. The number of aliphatic hydroxyl groups is 1. The Morgan fingerprint density at radius 3 is 2.65 bits per heavy atom. The van der Waals surface area contributed by atoms with Gasteiger partial charge in [-0.15, -0.1) is 0 Å². The Hall–Kier alpha value is -1.39. The van der Waals surface area contributed by atoms with Crippen LogP contribution in [-0.2, 0) is 13.0 Å². The summed E-state index contributed by atoms with van der Waals surface area (Å²) in [4.78, 5) is 3.91. The van der Waals surface area contributed by atoms with Gasteiger partial charge in [0.15, 0.2) is 0 Å². The van der Waals surface area contributed by atoms with Gasteiger partial charge in [0.25, 0.3) is 0 Å². The van der Waals surface area contributed by atoms with E-state index in [2.05, 4.69) is 10.1 Å². The molecular formula is C15H18ClN3O. The van der Waals surface area contributed by atoms with E-state index in [1.54, 1.807) is 11.0 Å². The third-order valence-electron chi connectivity index (χ3n) is 3.95. The maximum Gasteiger partial charge on any atom is 0.137 e. The molecule has 0 bridgehead atoms. The fourth-order valence-corrected chi connectivity index (χ4v) is 2.81. The molecule has 106 valence electrons. The molecule has 5 heteroatoms. The first-order chi connectivity index (χ1) is 9.72. The monoisotopic (exact) mass is 291 g/mol. The van der Waals surface area contributed by atoms with E-state index in [1.165, 1.54) is 24.7 Å². The number of benzene rings is 1. The molecule has 0 spiro atoms. The number of hydrogen-bond acceptors (Lipinski definition) is 3. The molecule has 3 rings (SSSR count). The standard InChI is InChI=1S/C15H18ClN3O/c16-13-5-1-11(2-6-13)7-14(12-3-4-12)15(20)8-19-10-17-9-18-19/h1-2,5-6,9-10,12,14-15,20H,3-4,7-8H2. The number of halogens is 1. The molecule has 0 radical (unpaired) electrons. The van der Waals surface area contributed by atoms with Crippen LogP contribution in [0, 0.1) is 11.8 Å². The molecule has 1 aliphatic rings. The van der Waals surface area contributed by atoms with E-state index < -0.39 is 0 Å². The smallest absolute Gasteiger partial charge is 0.137 e. The second-order valence-electron chi connectivity index (χ2n) is 5.52. The number of aliphatic hydroxyl groups excluding tert-OH is 1. The Kier molecular flexibility index (Phi) is 4.03. The molecule has 0 amide bonds. The Morgan fingerprint density at radius 2 is 2.05 bits per heavy atom. The lowest BCUT2D eigenvalue weighted by Crippen LogP contribution is -2.29. The van der Waals surface area contributed by atoms with Crippen LogP contribution < -0.4 is 0 Å². The summed E-state index contributed by atoms with van der Waals surface area (Å²) in [6, 6.07) is 7.90. The van der Waals surface area contributed by atoms with E-state index in [4.69, 9.17) is 11.6 Å². The molecule has 1 aliphatic carbocycles. The van der Waals surface area contributed by atoms with Crippen LogP contribution in [-0.4, -0.2) is 26.0 Å². The van der Waals surface area contributed by atoms with Crippen LogP contribution in [0.2, 0.25) is 5.02 Å². The first-order valence-corrected chi connectivity index (χ1v) is 7.35. The third kappa shape index (κ3) is 3.38. The van der Waals surface area contributed by atoms with Gasteiger partial charge in [0, 0.05) is 5.02 Å². The molecule has 1 aromatic carbocycles. The summed E-state index contributed by atoms with van der Waals surface area (Å²) >= 11 is 5.91. The molecular weight excluding hydrogens is 274 g/mol. The van der Waals surface area contributed by atoms with Crippen molar-refractivity contribution < 1.29 is 5.11 Å². The lowest BCUT2D eigenvalue weighted by atomic mass is 9.89. The summed E-state index contributed by atoms with van der Waals surface area (Å²) in [5.41, 5.74) is 1.23. The number of rotatable bonds is 6. The molecule has 2 unspecified atom stereocenters. The normalized spacial score (nSPS) is 17.9. The van der Waals surface area contributed by atoms with Crippen LogP contribution in [0.4, 0.5) is 0 Å². The minimum absolute atomic E-state index is 0.278. The summed E-state index contributed by atoms with van der Waals surface area (Å²) in [7, 11) is 0. The summed E-state index contributed by atoms with van der Waals surface area (Å²) in [6.07, 6.45) is 6.07.